The number of halogens is 1. The number of rotatable bonds is 6. The van der Waals surface area contributed by atoms with Gasteiger partial charge in [-0.05, 0) is 36.2 Å². The lowest BCUT2D eigenvalue weighted by Crippen LogP contribution is -2.20. The van der Waals surface area contributed by atoms with Crippen molar-refractivity contribution in [1.29, 1.82) is 0 Å². The number of benzene rings is 2. The van der Waals surface area contributed by atoms with E-state index in [2.05, 4.69) is 37.1 Å². The molecule has 130 valence electrons. The minimum absolute atomic E-state index is 0.109. The molecule has 0 unspecified atom stereocenters. The van der Waals surface area contributed by atoms with Crippen LogP contribution in [-0.4, -0.2) is 18.2 Å². The predicted octanol–water partition coefficient (Wildman–Crippen LogP) is 4.20. The van der Waals surface area contributed by atoms with Gasteiger partial charge in [-0.15, -0.1) is 0 Å². The second kappa shape index (κ2) is 8.98. The summed E-state index contributed by atoms with van der Waals surface area (Å²) in [6.07, 6.45) is 0.524. The van der Waals surface area contributed by atoms with Gasteiger partial charge in [0.05, 0.1) is 5.71 Å². The van der Waals surface area contributed by atoms with Crippen molar-refractivity contribution in [3.05, 3.63) is 58.6 Å². The fourth-order valence-electron chi connectivity index (χ4n) is 2.24. The van der Waals surface area contributed by atoms with Crippen LogP contribution in [0.3, 0.4) is 0 Å². The monoisotopic (exact) mass is 402 g/mol. The molecular formula is C18H19BrN4O2. The Balaban J connectivity index is 2.12. The number of urea groups is 1. The molecule has 0 aliphatic carbocycles. The molecule has 2 aromatic carbocycles. The van der Waals surface area contributed by atoms with Gasteiger partial charge in [0.1, 0.15) is 0 Å². The van der Waals surface area contributed by atoms with Gasteiger partial charge in [0, 0.05) is 21.4 Å². The SMILES string of the molecule is CC(C)/C(=N\NC=O)c1cccc(NC(=O)Nc2cccc(Br)c2)c1. The summed E-state index contributed by atoms with van der Waals surface area (Å²) in [6, 6.07) is 14.3. The van der Waals surface area contributed by atoms with Crippen molar-refractivity contribution < 1.29 is 9.59 Å². The van der Waals surface area contributed by atoms with Crippen molar-refractivity contribution in [3.63, 3.8) is 0 Å². The molecule has 0 fully saturated rings. The van der Waals surface area contributed by atoms with Gasteiger partial charge in [-0.2, -0.15) is 5.10 Å². The van der Waals surface area contributed by atoms with Crippen molar-refractivity contribution >= 4 is 45.5 Å². The van der Waals surface area contributed by atoms with E-state index < -0.39 is 0 Å². The highest BCUT2D eigenvalue weighted by molar-refractivity contribution is 9.10. The molecular weight excluding hydrogens is 384 g/mol. The molecule has 3 N–H and O–H groups in total. The highest BCUT2D eigenvalue weighted by atomic mass is 79.9. The Morgan fingerprint density at radius 2 is 1.72 bits per heavy atom. The maximum absolute atomic E-state index is 12.2. The van der Waals surface area contributed by atoms with Crippen molar-refractivity contribution in [2.75, 3.05) is 10.6 Å². The van der Waals surface area contributed by atoms with E-state index in [4.69, 9.17) is 0 Å². The summed E-state index contributed by atoms with van der Waals surface area (Å²) in [5, 5.41) is 9.63. The second-order valence-corrected chi connectivity index (χ2v) is 6.48. The van der Waals surface area contributed by atoms with Crippen LogP contribution in [0.15, 0.2) is 58.1 Å². The van der Waals surface area contributed by atoms with Crippen molar-refractivity contribution in [2.24, 2.45) is 11.0 Å². The van der Waals surface area contributed by atoms with Crippen LogP contribution in [0.2, 0.25) is 0 Å². The highest BCUT2D eigenvalue weighted by Gasteiger charge is 2.10. The molecule has 0 spiro atoms. The molecule has 0 atom stereocenters. The Morgan fingerprint density at radius 1 is 1.08 bits per heavy atom. The summed E-state index contributed by atoms with van der Waals surface area (Å²) < 4.78 is 0.882. The Morgan fingerprint density at radius 3 is 2.32 bits per heavy atom. The predicted molar refractivity (Wildman–Crippen MR) is 104 cm³/mol. The minimum Gasteiger partial charge on any atom is -0.308 e. The van der Waals surface area contributed by atoms with E-state index in [1.807, 2.05) is 50.2 Å². The van der Waals surface area contributed by atoms with Gasteiger partial charge in [0.15, 0.2) is 0 Å². The zero-order valence-corrected chi connectivity index (χ0v) is 15.5. The molecule has 6 nitrogen and oxygen atoms in total. The summed E-state index contributed by atoms with van der Waals surface area (Å²) in [5.74, 6) is 0.109. The molecule has 0 saturated heterocycles. The van der Waals surface area contributed by atoms with Gasteiger partial charge in [-0.3, -0.25) is 4.79 Å². The average Bonchev–Trinajstić information content (AvgIpc) is 2.55. The molecule has 7 heteroatoms. The number of carbonyl (C=O) groups is 2. The fraction of sp³-hybridized carbons (Fsp3) is 0.167. The van der Waals surface area contributed by atoms with Crippen molar-refractivity contribution in [1.82, 2.24) is 5.43 Å². The van der Waals surface area contributed by atoms with Crippen LogP contribution in [-0.2, 0) is 4.79 Å². The number of amides is 3. The lowest BCUT2D eigenvalue weighted by Gasteiger charge is -2.12. The largest absolute Gasteiger partial charge is 0.323 e. The summed E-state index contributed by atoms with van der Waals surface area (Å²) in [4.78, 5) is 22.6. The Kier molecular flexibility index (Phi) is 6.71. The summed E-state index contributed by atoms with van der Waals surface area (Å²) >= 11 is 3.36. The van der Waals surface area contributed by atoms with E-state index in [0.717, 1.165) is 15.7 Å². The van der Waals surface area contributed by atoms with Crippen LogP contribution in [0.5, 0.6) is 0 Å². The van der Waals surface area contributed by atoms with Crippen LogP contribution in [0.1, 0.15) is 19.4 Å². The molecule has 0 aliphatic heterocycles. The molecule has 0 heterocycles. The van der Waals surface area contributed by atoms with Crippen LogP contribution < -0.4 is 16.1 Å². The maximum Gasteiger partial charge on any atom is 0.323 e. The van der Waals surface area contributed by atoms with E-state index in [1.54, 1.807) is 12.1 Å². The average molecular weight is 403 g/mol. The summed E-state index contributed by atoms with van der Waals surface area (Å²) in [6.45, 7) is 3.96. The number of nitrogens with zero attached hydrogens (tertiary/aromatic N) is 1. The number of carbonyl (C=O) groups excluding carboxylic acids is 2. The molecule has 2 rings (SSSR count). The van der Waals surface area contributed by atoms with E-state index >= 15 is 0 Å². The van der Waals surface area contributed by atoms with E-state index in [-0.39, 0.29) is 11.9 Å². The molecule has 3 amide bonds. The number of anilines is 2. The third-order valence-electron chi connectivity index (χ3n) is 3.28. The number of nitrogens with one attached hydrogen (secondary N) is 3. The third-order valence-corrected chi connectivity index (χ3v) is 3.78. The first-order chi connectivity index (χ1) is 12.0. The lowest BCUT2D eigenvalue weighted by atomic mass is 10.00. The number of hydrazone groups is 1. The van der Waals surface area contributed by atoms with Gasteiger partial charge < -0.3 is 10.6 Å². The third kappa shape index (κ3) is 5.72. The molecule has 25 heavy (non-hydrogen) atoms. The van der Waals surface area contributed by atoms with Crippen molar-refractivity contribution in [3.8, 4) is 0 Å². The zero-order valence-electron chi connectivity index (χ0n) is 13.9. The van der Waals surface area contributed by atoms with Gasteiger partial charge >= 0.3 is 6.03 Å². The Hall–Kier alpha value is -2.67. The maximum atomic E-state index is 12.2. The standard InChI is InChI=1S/C18H19BrN4O2/c1-12(2)17(23-20-11-24)13-5-3-7-15(9-13)21-18(25)22-16-8-4-6-14(19)10-16/h3-12H,1-2H3,(H,20,24)(H2,21,22,25)/b23-17+. The smallest absolute Gasteiger partial charge is 0.308 e. The highest BCUT2D eigenvalue weighted by Crippen LogP contribution is 2.18. The summed E-state index contributed by atoms with van der Waals surface area (Å²) in [5.41, 5.74) is 5.19. The first-order valence-electron chi connectivity index (χ1n) is 7.70. The van der Waals surface area contributed by atoms with E-state index in [9.17, 15) is 9.59 Å². The minimum atomic E-state index is -0.343. The number of hydrogen-bond donors (Lipinski definition) is 3. The molecule has 0 aliphatic rings. The van der Waals surface area contributed by atoms with Crippen LogP contribution >= 0.6 is 15.9 Å². The normalized spacial score (nSPS) is 11.1. The molecule has 0 saturated carbocycles. The number of hydrogen-bond acceptors (Lipinski definition) is 3. The van der Waals surface area contributed by atoms with Crippen LogP contribution in [0.25, 0.3) is 0 Å². The molecule has 0 radical (unpaired) electrons. The zero-order chi connectivity index (χ0) is 18.2. The van der Waals surface area contributed by atoms with Crippen LogP contribution in [0, 0.1) is 5.92 Å². The second-order valence-electron chi connectivity index (χ2n) is 5.57. The quantitative estimate of drug-likeness (QED) is 0.384. The topological polar surface area (TPSA) is 82.6 Å². The fourth-order valence-corrected chi connectivity index (χ4v) is 2.64. The summed E-state index contributed by atoms with van der Waals surface area (Å²) in [7, 11) is 0. The molecule has 0 aromatic heterocycles. The Bertz CT molecular complexity index is 790. The first-order valence-corrected chi connectivity index (χ1v) is 8.49. The van der Waals surface area contributed by atoms with Crippen molar-refractivity contribution in [2.45, 2.75) is 13.8 Å². The van der Waals surface area contributed by atoms with E-state index in [0.29, 0.717) is 17.8 Å². The molecule has 2 aromatic rings. The molecule has 0 bridgehead atoms. The van der Waals surface area contributed by atoms with Crippen LogP contribution in [0.4, 0.5) is 16.2 Å². The van der Waals surface area contributed by atoms with Gasteiger partial charge in [-0.25, -0.2) is 10.2 Å². The van der Waals surface area contributed by atoms with E-state index in [1.165, 1.54) is 0 Å². The lowest BCUT2D eigenvalue weighted by molar-refractivity contribution is -0.109. The Labute approximate surface area is 154 Å². The van der Waals surface area contributed by atoms with Gasteiger partial charge in [0.2, 0.25) is 6.41 Å². The van der Waals surface area contributed by atoms with Gasteiger partial charge in [-0.1, -0.05) is 48.0 Å². The first kappa shape index (κ1) is 18.7. The van der Waals surface area contributed by atoms with Gasteiger partial charge in [0.25, 0.3) is 0 Å².